The Kier molecular flexibility index (Phi) is 6.08. The molecule has 1 aromatic heterocycles. The standard InChI is InChI=1S/C21H22ClN5OS/c1-14-13-24-21(26-20(14)29-17-6-7-19(23)18(22)12-17)25-15-2-4-16(5-3-15)27-8-10-28-11-9-27/h2-7,12-13H,8-11,23H2,1H3,(H,24,25,26). The molecule has 29 heavy (non-hydrogen) atoms. The van der Waals surface area contributed by atoms with Gasteiger partial charge in [0.2, 0.25) is 5.95 Å². The van der Waals surface area contributed by atoms with Crippen LogP contribution in [0.3, 0.4) is 0 Å². The number of nitrogens with zero attached hydrogens (tertiary/aromatic N) is 3. The van der Waals surface area contributed by atoms with Crippen LogP contribution in [0.4, 0.5) is 23.0 Å². The van der Waals surface area contributed by atoms with Gasteiger partial charge in [0, 0.05) is 41.1 Å². The Morgan fingerprint density at radius 3 is 2.62 bits per heavy atom. The first-order chi connectivity index (χ1) is 14.1. The van der Waals surface area contributed by atoms with Crippen LogP contribution < -0.4 is 16.0 Å². The molecule has 0 atom stereocenters. The van der Waals surface area contributed by atoms with Gasteiger partial charge in [0.05, 0.1) is 23.9 Å². The number of halogens is 1. The zero-order chi connectivity index (χ0) is 20.2. The van der Waals surface area contributed by atoms with Crippen molar-refractivity contribution in [2.45, 2.75) is 16.8 Å². The first-order valence-electron chi connectivity index (χ1n) is 9.35. The van der Waals surface area contributed by atoms with Gasteiger partial charge in [0.25, 0.3) is 0 Å². The van der Waals surface area contributed by atoms with Crippen LogP contribution in [0.1, 0.15) is 5.56 Å². The van der Waals surface area contributed by atoms with Crippen LogP contribution in [0.15, 0.2) is 58.6 Å². The number of aryl methyl sites for hydroxylation is 1. The van der Waals surface area contributed by atoms with E-state index < -0.39 is 0 Å². The minimum atomic E-state index is 0.542. The number of rotatable bonds is 5. The molecule has 0 spiro atoms. The molecule has 0 radical (unpaired) electrons. The Labute approximate surface area is 179 Å². The zero-order valence-corrected chi connectivity index (χ0v) is 17.6. The Balaban J connectivity index is 1.47. The fraction of sp³-hybridized carbons (Fsp3) is 0.238. The predicted molar refractivity (Wildman–Crippen MR) is 120 cm³/mol. The van der Waals surface area contributed by atoms with E-state index >= 15 is 0 Å². The Morgan fingerprint density at radius 2 is 1.90 bits per heavy atom. The van der Waals surface area contributed by atoms with Crippen molar-refractivity contribution in [3.05, 3.63) is 59.2 Å². The predicted octanol–water partition coefficient (Wildman–Crippen LogP) is 4.75. The largest absolute Gasteiger partial charge is 0.398 e. The quantitative estimate of drug-likeness (QED) is 0.449. The number of hydrogen-bond acceptors (Lipinski definition) is 7. The number of nitrogens with two attached hydrogens (primary N) is 1. The maximum absolute atomic E-state index is 6.13. The fourth-order valence-electron chi connectivity index (χ4n) is 2.98. The van der Waals surface area contributed by atoms with Crippen LogP contribution in [-0.4, -0.2) is 36.3 Å². The van der Waals surface area contributed by atoms with E-state index in [4.69, 9.17) is 22.1 Å². The van der Waals surface area contributed by atoms with Crippen molar-refractivity contribution in [2.75, 3.05) is 42.3 Å². The molecule has 0 unspecified atom stereocenters. The second kappa shape index (κ2) is 8.90. The summed E-state index contributed by atoms with van der Waals surface area (Å²) in [6.07, 6.45) is 1.82. The third-order valence-electron chi connectivity index (χ3n) is 4.61. The smallest absolute Gasteiger partial charge is 0.228 e. The summed E-state index contributed by atoms with van der Waals surface area (Å²) in [5, 5.41) is 4.69. The van der Waals surface area contributed by atoms with E-state index in [1.165, 1.54) is 17.4 Å². The number of ether oxygens (including phenoxy) is 1. The van der Waals surface area contributed by atoms with E-state index in [-0.39, 0.29) is 0 Å². The van der Waals surface area contributed by atoms with Gasteiger partial charge < -0.3 is 20.7 Å². The van der Waals surface area contributed by atoms with E-state index in [1.807, 2.05) is 37.4 Å². The van der Waals surface area contributed by atoms with E-state index in [0.29, 0.717) is 16.7 Å². The molecule has 1 fully saturated rings. The van der Waals surface area contributed by atoms with Crippen LogP contribution in [-0.2, 0) is 4.74 Å². The van der Waals surface area contributed by atoms with Crippen molar-refractivity contribution in [3.63, 3.8) is 0 Å². The minimum absolute atomic E-state index is 0.542. The second-order valence-corrected chi connectivity index (χ2v) is 8.21. The van der Waals surface area contributed by atoms with Crippen molar-refractivity contribution in [3.8, 4) is 0 Å². The Hall–Kier alpha value is -2.48. The monoisotopic (exact) mass is 427 g/mol. The maximum Gasteiger partial charge on any atom is 0.228 e. The SMILES string of the molecule is Cc1cnc(Nc2ccc(N3CCOCC3)cc2)nc1Sc1ccc(N)c(Cl)c1. The average Bonchev–Trinajstić information content (AvgIpc) is 2.74. The Morgan fingerprint density at radius 1 is 1.14 bits per heavy atom. The summed E-state index contributed by atoms with van der Waals surface area (Å²) in [5.41, 5.74) is 9.50. The van der Waals surface area contributed by atoms with Crippen LogP contribution in [0.5, 0.6) is 0 Å². The molecule has 6 nitrogen and oxygen atoms in total. The lowest BCUT2D eigenvalue weighted by molar-refractivity contribution is 0.122. The van der Waals surface area contributed by atoms with Crippen LogP contribution in [0.25, 0.3) is 0 Å². The summed E-state index contributed by atoms with van der Waals surface area (Å²) in [6, 6.07) is 13.9. The highest BCUT2D eigenvalue weighted by Gasteiger charge is 2.11. The Bertz CT molecular complexity index is 993. The van der Waals surface area contributed by atoms with Crippen molar-refractivity contribution in [2.24, 2.45) is 0 Å². The van der Waals surface area contributed by atoms with E-state index in [2.05, 4.69) is 32.3 Å². The molecule has 1 saturated heterocycles. The molecular weight excluding hydrogens is 406 g/mol. The van der Waals surface area contributed by atoms with Gasteiger partial charge in [0.1, 0.15) is 5.03 Å². The van der Waals surface area contributed by atoms with Crippen LogP contribution >= 0.6 is 23.4 Å². The third kappa shape index (κ3) is 4.93. The molecule has 1 aliphatic rings. The van der Waals surface area contributed by atoms with Gasteiger partial charge in [-0.1, -0.05) is 23.4 Å². The highest BCUT2D eigenvalue weighted by molar-refractivity contribution is 7.99. The molecule has 0 aliphatic carbocycles. The van der Waals surface area contributed by atoms with Gasteiger partial charge in [-0.2, -0.15) is 0 Å². The number of benzene rings is 2. The first kappa shape index (κ1) is 19.8. The molecule has 150 valence electrons. The summed E-state index contributed by atoms with van der Waals surface area (Å²) < 4.78 is 5.41. The topological polar surface area (TPSA) is 76.3 Å². The lowest BCUT2D eigenvalue weighted by Gasteiger charge is -2.28. The molecule has 0 bridgehead atoms. The number of nitrogens with one attached hydrogen (secondary N) is 1. The highest BCUT2D eigenvalue weighted by atomic mass is 35.5. The summed E-state index contributed by atoms with van der Waals surface area (Å²) >= 11 is 7.67. The van der Waals surface area contributed by atoms with Gasteiger partial charge in [-0.3, -0.25) is 0 Å². The highest BCUT2D eigenvalue weighted by Crippen LogP contribution is 2.33. The fourth-order valence-corrected chi connectivity index (χ4v) is 4.11. The first-order valence-corrected chi connectivity index (χ1v) is 10.5. The summed E-state index contributed by atoms with van der Waals surface area (Å²) in [5.74, 6) is 0.554. The lowest BCUT2D eigenvalue weighted by Crippen LogP contribution is -2.36. The van der Waals surface area contributed by atoms with Crippen LogP contribution in [0, 0.1) is 6.92 Å². The van der Waals surface area contributed by atoms with Crippen molar-refractivity contribution in [1.82, 2.24) is 9.97 Å². The second-order valence-electron chi connectivity index (χ2n) is 6.74. The number of nitrogen functional groups attached to an aromatic ring is 1. The number of anilines is 4. The summed E-state index contributed by atoms with van der Waals surface area (Å²) in [7, 11) is 0. The van der Waals surface area contributed by atoms with E-state index in [0.717, 1.165) is 47.5 Å². The number of hydrogen-bond donors (Lipinski definition) is 2. The molecule has 3 N–H and O–H groups in total. The maximum atomic E-state index is 6.13. The molecular formula is C21H22ClN5OS. The third-order valence-corrected chi connectivity index (χ3v) is 6.03. The van der Waals surface area contributed by atoms with Crippen LogP contribution in [0.2, 0.25) is 5.02 Å². The normalized spacial score (nSPS) is 14.1. The van der Waals surface area contributed by atoms with E-state index in [1.54, 1.807) is 6.07 Å². The van der Waals surface area contributed by atoms with E-state index in [9.17, 15) is 0 Å². The lowest BCUT2D eigenvalue weighted by atomic mass is 10.2. The molecule has 4 rings (SSSR count). The summed E-state index contributed by atoms with van der Waals surface area (Å²) in [6.45, 7) is 5.38. The van der Waals surface area contributed by atoms with Crippen molar-refractivity contribution >= 4 is 46.4 Å². The number of aromatic nitrogens is 2. The van der Waals surface area contributed by atoms with Gasteiger partial charge in [0.15, 0.2) is 0 Å². The molecule has 0 amide bonds. The van der Waals surface area contributed by atoms with Crippen molar-refractivity contribution in [1.29, 1.82) is 0 Å². The molecule has 0 saturated carbocycles. The molecule has 2 aromatic carbocycles. The zero-order valence-electron chi connectivity index (χ0n) is 16.1. The van der Waals surface area contributed by atoms with Gasteiger partial charge >= 0.3 is 0 Å². The van der Waals surface area contributed by atoms with Gasteiger partial charge in [-0.25, -0.2) is 9.97 Å². The summed E-state index contributed by atoms with van der Waals surface area (Å²) in [4.78, 5) is 12.4. The average molecular weight is 428 g/mol. The van der Waals surface area contributed by atoms with Crippen molar-refractivity contribution < 1.29 is 4.74 Å². The van der Waals surface area contributed by atoms with Gasteiger partial charge in [-0.15, -0.1) is 0 Å². The minimum Gasteiger partial charge on any atom is -0.398 e. The molecule has 8 heteroatoms. The van der Waals surface area contributed by atoms with Gasteiger partial charge in [-0.05, 0) is 49.4 Å². The molecule has 1 aliphatic heterocycles. The molecule has 3 aromatic rings. The molecule has 2 heterocycles. The number of morpholine rings is 1.